The van der Waals surface area contributed by atoms with Gasteiger partial charge in [-0.15, -0.1) is 0 Å². The van der Waals surface area contributed by atoms with Crippen LogP contribution in [0.15, 0.2) is 53.6 Å². The average Bonchev–Trinajstić information content (AvgIpc) is 2.56. The summed E-state index contributed by atoms with van der Waals surface area (Å²) in [6, 6.07) is 14.2. The highest BCUT2D eigenvalue weighted by molar-refractivity contribution is 5.94. The summed E-state index contributed by atoms with van der Waals surface area (Å²) in [6.45, 7) is 2.81. The molecule has 5 nitrogen and oxygen atoms in total. The Kier molecular flexibility index (Phi) is 6.17. The summed E-state index contributed by atoms with van der Waals surface area (Å²) >= 11 is 0. The van der Waals surface area contributed by atoms with E-state index in [1.54, 1.807) is 24.4 Å². The van der Waals surface area contributed by atoms with Crippen molar-refractivity contribution < 1.29 is 14.6 Å². The quantitative estimate of drug-likeness (QED) is 0.439. The Morgan fingerprint density at radius 1 is 1.26 bits per heavy atom. The first-order valence-corrected chi connectivity index (χ1v) is 7.55. The number of carboxylic acids is 1. The van der Waals surface area contributed by atoms with Gasteiger partial charge in [0.2, 0.25) is 0 Å². The number of anilines is 1. The molecule has 5 heteroatoms. The highest BCUT2D eigenvalue weighted by Gasteiger charge is 2.07. The fraction of sp³-hybridized carbons (Fsp3) is 0.222. The molecule has 0 aliphatic heterocycles. The van der Waals surface area contributed by atoms with Crippen molar-refractivity contribution in [1.82, 2.24) is 0 Å². The minimum absolute atomic E-state index is 0.182. The van der Waals surface area contributed by atoms with Crippen molar-refractivity contribution in [3.63, 3.8) is 0 Å². The van der Waals surface area contributed by atoms with Crippen LogP contribution in [0.25, 0.3) is 0 Å². The van der Waals surface area contributed by atoms with Crippen molar-refractivity contribution in [2.45, 2.75) is 19.8 Å². The largest absolute Gasteiger partial charge is 0.494 e. The maximum Gasteiger partial charge on any atom is 0.337 e. The van der Waals surface area contributed by atoms with Gasteiger partial charge in [0.25, 0.3) is 0 Å². The number of unbranched alkanes of at least 4 members (excludes halogenated alkanes) is 1. The number of hydrogen-bond acceptors (Lipinski definition) is 4. The van der Waals surface area contributed by atoms with Crippen molar-refractivity contribution in [3.05, 3.63) is 59.7 Å². The zero-order chi connectivity index (χ0) is 16.5. The highest BCUT2D eigenvalue weighted by Crippen LogP contribution is 2.15. The van der Waals surface area contributed by atoms with Crippen LogP contribution in [0.2, 0.25) is 0 Å². The number of hydrazone groups is 1. The standard InChI is InChI=1S/C18H20N2O3/c1-2-3-11-23-15-8-6-7-14(12-15)13-19-20-17-10-5-4-9-16(17)18(21)22/h4-10,12-13,20H,2-3,11H2,1H3,(H,21,22)/b19-13+. The summed E-state index contributed by atoms with van der Waals surface area (Å²) in [5.74, 6) is -0.192. The molecule has 0 radical (unpaired) electrons. The van der Waals surface area contributed by atoms with E-state index < -0.39 is 5.97 Å². The predicted octanol–water partition coefficient (Wildman–Crippen LogP) is 4.01. The van der Waals surface area contributed by atoms with Gasteiger partial charge in [0.15, 0.2) is 0 Å². The molecule has 2 aromatic rings. The molecule has 0 fully saturated rings. The number of carboxylic acid groups (broad SMARTS) is 1. The van der Waals surface area contributed by atoms with Gasteiger partial charge >= 0.3 is 5.97 Å². The van der Waals surface area contributed by atoms with E-state index in [0.29, 0.717) is 12.3 Å². The summed E-state index contributed by atoms with van der Waals surface area (Å²) in [4.78, 5) is 11.1. The van der Waals surface area contributed by atoms with E-state index in [9.17, 15) is 4.79 Å². The second-order valence-electron chi connectivity index (χ2n) is 5.00. The van der Waals surface area contributed by atoms with Gasteiger partial charge < -0.3 is 9.84 Å². The van der Waals surface area contributed by atoms with Crippen LogP contribution in [0.5, 0.6) is 5.75 Å². The smallest absolute Gasteiger partial charge is 0.337 e. The van der Waals surface area contributed by atoms with Crippen molar-refractivity contribution >= 4 is 17.9 Å². The Bertz CT molecular complexity index is 683. The summed E-state index contributed by atoms with van der Waals surface area (Å²) in [5, 5.41) is 13.2. The van der Waals surface area contributed by atoms with E-state index in [-0.39, 0.29) is 5.56 Å². The second-order valence-corrected chi connectivity index (χ2v) is 5.00. The van der Waals surface area contributed by atoms with Crippen LogP contribution in [0.4, 0.5) is 5.69 Å². The molecule has 0 amide bonds. The van der Waals surface area contributed by atoms with Gasteiger partial charge in [-0.05, 0) is 36.2 Å². The maximum atomic E-state index is 11.1. The first kappa shape index (κ1) is 16.5. The van der Waals surface area contributed by atoms with Crippen LogP contribution >= 0.6 is 0 Å². The summed E-state index contributed by atoms with van der Waals surface area (Å²) < 4.78 is 5.64. The van der Waals surface area contributed by atoms with Gasteiger partial charge in [0.05, 0.1) is 24.1 Å². The van der Waals surface area contributed by atoms with Crippen molar-refractivity contribution in [1.29, 1.82) is 0 Å². The topological polar surface area (TPSA) is 70.9 Å². The summed E-state index contributed by atoms with van der Waals surface area (Å²) in [6.07, 6.45) is 3.74. The summed E-state index contributed by atoms with van der Waals surface area (Å²) in [5.41, 5.74) is 4.27. The molecular weight excluding hydrogens is 292 g/mol. The fourth-order valence-electron chi connectivity index (χ4n) is 1.96. The molecule has 0 bridgehead atoms. The highest BCUT2D eigenvalue weighted by atomic mass is 16.5. The van der Waals surface area contributed by atoms with Crippen LogP contribution in [0.3, 0.4) is 0 Å². The molecule has 23 heavy (non-hydrogen) atoms. The monoisotopic (exact) mass is 312 g/mol. The third-order valence-corrected chi connectivity index (χ3v) is 3.18. The minimum Gasteiger partial charge on any atom is -0.494 e. The number of hydrogen-bond donors (Lipinski definition) is 2. The first-order chi connectivity index (χ1) is 11.2. The third kappa shape index (κ3) is 5.14. The Labute approximate surface area is 135 Å². The fourth-order valence-corrected chi connectivity index (χ4v) is 1.96. The molecule has 0 aliphatic carbocycles. The van der Waals surface area contributed by atoms with E-state index in [1.807, 2.05) is 24.3 Å². The van der Waals surface area contributed by atoms with Crippen LogP contribution in [-0.4, -0.2) is 23.9 Å². The zero-order valence-corrected chi connectivity index (χ0v) is 13.0. The molecule has 0 spiro atoms. The number of benzene rings is 2. The third-order valence-electron chi connectivity index (χ3n) is 3.18. The number of carbonyl (C=O) groups is 1. The second kappa shape index (κ2) is 8.58. The number of rotatable bonds is 8. The van der Waals surface area contributed by atoms with Crippen molar-refractivity contribution in [2.24, 2.45) is 5.10 Å². The Hall–Kier alpha value is -2.82. The van der Waals surface area contributed by atoms with Crippen molar-refractivity contribution in [2.75, 3.05) is 12.0 Å². The van der Waals surface area contributed by atoms with Gasteiger partial charge in [-0.2, -0.15) is 5.10 Å². The van der Waals surface area contributed by atoms with Crippen LogP contribution in [0, 0.1) is 0 Å². The Balaban J connectivity index is 2.01. The Morgan fingerprint density at radius 2 is 2.09 bits per heavy atom. The molecule has 0 saturated heterocycles. The van der Waals surface area contributed by atoms with E-state index in [1.165, 1.54) is 6.07 Å². The van der Waals surface area contributed by atoms with Gasteiger partial charge in [0, 0.05) is 0 Å². The lowest BCUT2D eigenvalue weighted by Gasteiger charge is -2.06. The van der Waals surface area contributed by atoms with Gasteiger partial charge in [0.1, 0.15) is 5.75 Å². The molecule has 0 heterocycles. The number of nitrogens with one attached hydrogen (secondary N) is 1. The average molecular weight is 312 g/mol. The molecule has 2 rings (SSSR count). The number of para-hydroxylation sites is 1. The molecule has 0 aliphatic rings. The molecule has 2 N–H and O–H groups in total. The SMILES string of the molecule is CCCCOc1cccc(/C=N/Nc2ccccc2C(=O)O)c1. The van der Waals surface area contributed by atoms with Gasteiger partial charge in [-0.1, -0.05) is 37.6 Å². The molecular formula is C18H20N2O3. The normalized spacial score (nSPS) is 10.7. The number of aromatic carboxylic acids is 1. The first-order valence-electron chi connectivity index (χ1n) is 7.55. The van der Waals surface area contributed by atoms with Crippen LogP contribution in [-0.2, 0) is 0 Å². The maximum absolute atomic E-state index is 11.1. The summed E-state index contributed by atoms with van der Waals surface area (Å²) in [7, 11) is 0. The van der Waals surface area contributed by atoms with Gasteiger partial charge in [-0.3, -0.25) is 5.43 Å². The predicted molar refractivity (Wildman–Crippen MR) is 91.5 cm³/mol. The van der Waals surface area contributed by atoms with E-state index in [4.69, 9.17) is 9.84 Å². The molecule has 120 valence electrons. The van der Waals surface area contributed by atoms with Crippen molar-refractivity contribution in [3.8, 4) is 5.75 Å². The van der Waals surface area contributed by atoms with E-state index in [0.717, 1.165) is 24.2 Å². The molecule has 0 atom stereocenters. The lowest BCUT2D eigenvalue weighted by Crippen LogP contribution is -2.02. The lowest BCUT2D eigenvalue weighted by atomic mass is 10.2. The number of ether oxygens (including phenoxy) is 1. The zero-order valence-electron chi connectivity index (χ0n) is 13.0. The minimum atomic E-state index is -0.991. The van der Waals surface area contributed by atoms with Crippen LogP contribution < -0.4 is 10.2 Å². The van der Waals surface area contributed by atoms with Gasteiger partial charge in [-0.25, -0.2) is 4.79 Å². The molecule has 0 unspecified atom stereocenters. The van der Waals surface area contributed by atoms with E-state index in [2.05, 4.69) is 17.5 Å². The molecule has 0 aromatic heterocycles. The van der Waals surface area contributed by atoms with Crippen LogP contribution in [0.1, 0.15) is 35.7 Å². The molecule has 0 saturated carbocycles. The Morgan fingerprint density at radius 3 is 2.87 bits per heavy atom. The van der Waals surface area contributed by atoms with E-state index >= 15 is 0 Å². The lowest BCUT2D eigenvalue weighted by molar-refractivity contribution is 0.0698. The number of nitrogens with zero attached hydrogens (tertiary/aromatic N) is 1. The molecule has 2 aromatic carbocycles.